The lowest BCUT2D eigenvalue weighted by molar-refractivity contribution is 0.584. The number of hydrogen-bond donors (Lipinski definition) is 1. The van der Waals surface area contributed by atoms with Gasteiger partial charge in [-0.05, 0) is 37.3 Å². The summed E-state index contributed by atoms with van der Waals surface area (Å²) in [6.45, 7) is 1.98. The summed E-state index contributed by atoms with van der Waals surface area (Å²) in [5.74, 6) is 0. The summed E-state index contributed by atoms with van der Waals surface area (Å²) in [7, 11) is -3.70. The Morgan fingerprint density at radius 2 is 1.88 bits per heavy atom. The van der Waals surface area contributed by atoms with Gasteiger partial charge in [-0.25, -0.2) is 9.82 Å². The molecule has 0 unspecified atom stereocenters. The van der Waals surface area contributed by atoms with E-state index in [1.54, 1.807) is 18.2 Å². The second-order valence-corrected chi connectivity index (χ2v) is 7.25. The van der Waals surface area contributed by atoms with Crippen LogP contribution in [0.2, 0.25) is 5.15 Å². The van der Waals surface area contributed by atoms with Crippen molar-refractivity contribution in [3.63, 3.8) is 0 Å². The third-order valence-corrected chi connectivity index (χ3v) is 4.92. The van der Waals surface area contributed by atoms with Crippen LogP contribution in [0.25, 0.3) is 10.9 Å². The van der Waals surface area contributed by atoms with Gasteiger partial charge in [0.25, 0.3) is 10.0 Å². The first-order chi connectivity index (χ1) is 11.5. The zero-order valence-corrected chi connectivity index (χ0v) is 14.3. The van der Waals surface area contributed by atoms with Crippen LogP contribution in [0.1, 0.15) is 11.1 Å². The fourth-order valence-electron chi connectivity index (χ4n) is 2.20. The van der Waals surface area contributed by atoms with E-state index in [9.17, 15) is 8.42 Å². The van der Waals surface area contributed by atoms with Crippen LogP contribution in [0.4, 0.5) is 0 Å². The first-order valence-electron chi connectivity index (χ1n) is 7.12. The number of nitrogens with zero attached hydrogens (tertiary/aromatic N) is 2. The molecule has 3 rings (SSSR count). The molecule has 0 amide bonds. The molecule has 2 aromatic carbocycles. The largest absolute Gasteiger partial charge is 0.276 e. The van der Waals surface area contributed by atoms with Crippen molar-refractivity contribution in [2.45, 2.75) is 11.8 Å². The maximum absolute atomic E-state index is 12.1. The molecule has 24 heavy (non-hydrogen) atoms. The molecule has 0 bridgehead atoms. The number of nitrogens with one attached hydrogen (secondary N) is 1. The van der Waals surface area contributed by atoms with Crippen LogP contribution >= 0.6 is 11.6 Å². The van der Waals surface area contributed by atoms with E-state index in [1.807, 2.05) is 31.2 Å². The van der Waals surface area contributed by atoms with Gasteiger partial charge in [-0.2, -0.15) is 13.5 Å². The lowest BCUT2D eigenvalue weighted by Crippen LogP contribution is -2.18. The molecule has 7 heteroatoms. The van der Waals surface area contributed by atoms with Gasteiger partial charge in [-0.1, -0.05) is 41.4 Å². The SMILES string of the molecule is Cc1ccc2nc(Cl)c(/C=N\NS(=O)(=O)c3ccccc3)cc2c1. The van der Waals surface area contributed by atoms with E-state index in [2.05, 4.69) is 14.9 Å². The highest BCUT2D eigenvalue weighted by molar-refractivity contribution is 7.89. The first kappa shape index (κ1) is 16.4. The van der Waals surface area contributed by atoms with Crippen LogP contribution in [-0.4, -0.2) is 19.6 Å². The summed E-state index contributed by atoms with van der Waals surface area (Å²) in [6, 6.07) is 15.6. The smallest absolute Gasteiger partial charge is 0.235 e. The van der Waals surface area contributed by atoms with Gasteiger partial charge in [0.2, 0.25) is 0 Å². The van der Waals surface area contributed by atoms with E-state index in [4.69, 9.17) is 11.6 Å². The Morgan fingerprint density at radius 1 is 1.12 bits per heavy atom. The number of aromatic nitrogens is 1. The molecule has 3 aromatic rings. The molecular weight excluding hydrogens is 346 g/mol. The number of fused-ring (bicyclic) bond motifs is 1. The molecule has 0 fully saturated rings. The average Bonchev–Trinajstić information content (AvgIpc) is 2.56. The molecule has 0 radical (unpaired) electrons. The second kappa shape index (κ2) is 6.59. The molecule has 1 N–H and O–H groups in total. The Balaban J connectivity index is 1.87. The minimum atomic E-state index is -3.70. The van der Waals surface area contributed by atoms with Crippen molar-refractivity contribution in [3.8, 4) is 0 Å². The van der Waals surface area contributed by atoms with Gasteiger partial charge in [0, 0.05) is 10.9 Å². The van der Waals surface area contributed by atoms with Gasteiger partial charge in [0.15, 0.2) is 0 Å². The van der Waals surface area contributed by atoms with Crippen LogP contribution < -0.4 is 4.83 Å². The summed E-state index contributed by atoms with van der Waals surface area (Å²) in [5.41, 5.74) is 2.40. The van der Waals surface area contributed by atoms with Gasteiger partial charge in [-0.3, -0.25) is 0 Å². The number of hydrazone groups is 1. The van der Waals surface area contributed by atoms with Crippen molar-refractivity contribution in [1.29, 1.82) is 0 Å². The van der Waals surface area contributed by atoms with Gasteiger partial charge in [-0.15, -0.1) is 0 Å². The third-order valence-electron chi connectivity index (χ3n) is 3.38. The number of hydrogen-bond acceptors (Lipinski definition) is 4. The number of aryl methyl sites for hydroxylation is 1. The Kier molecular flexibility index (Phi) is 4.51. The number of sulfonamides is 1. The predicted molar refractivity (Wildman–Crippen MR) is 95.8 cm³/mol. The number of pyridine rings is 1. The average molecular weight is 360 g/mol. The lowest BCUT2D eigenvalue weighted by atomic mass is 10.1. The van der Waals surface area contributed by atoms with E-state index in [0.717, 1.165) is 16.5 Å². The molecule has 0 aliphatic rings. The summed E-state index contributed by atoms with van der Waals surface area (Å²) in [6.07, 6.45) is 1.34. The second-order valence-electron chi connectivity index (χ2n) is 5.23. The van der Waals surface area contributed by atoms with Crippen LogP contribution in [-0.2, 0) is 10.0 Å². The van der Waals surface area contributed by atoms with Crippen molar-refractivity contribution in [3.05, 3.63) is 70.9 Å². The fourth-order valence-corrected chi connectivity index (χ4v) is 3.20. The lowest BCUT2D eigenvalue weighted by Gasteiger charge is -2.04. The molecule has 1 heterocycles. The maximum atomic E-state index is 12.1. The molecule has 0 saturated carbocycles. The summed E-state index contributed by atoms with van der Waals surface area (Å²) >= 11 is 6.13. The monoisotopic (exact) mass is 359 g/mol. The zero-order valence-electron chi connectivity index (χ0n) is 12.8. The highest BCUT2D eigenvalue weighted by Crippen LogP contribution is 2.20. The van der Waals surface area contributed by atoms with Crippen molar-refractivity contribution < 1.29 is 8.42 Å². The zero-order chi connectivity index (χ0) is 17.2. The van der Waals surface area contributed by atoms with Gasteiger partial charge < -0.3 is 0 Å². The molecule has 0 aliphatic carbocycles. The molecule has 0 spiro atoms. The standard InChI is InChI=1S/C17H14ClN3O2S/c1-12-7-8-16-13(9-12)10-14(17(18)20-16)11-19-21-24(22,23)15-5-3-2-4-6-15/h2-11,21H,1H3/b19-11-. The van der Waals surface area contributed by atoms with E-state index in [0.29, 0.717) is 5.56 Å². The van der Waals surface area contributed by atoms with Crippen molar-refractivity contribution in [2.24, 2.45) is 5.10 Å². The molecule has 0 saturated heterocycles. The van der Waals surface area contributed by atoms with Crippen molar-refractivity contribution >= 4 is 38.7 Å². The number of rotatable bonds is 4. The van der Waals surface area contributed by atoms with Crippen LogP contribution in [0.5, 0.6) is 0 Å². The molecule has 0 aliphatic heterocycles. The van der Waals surface area contributed by atoms with Gasteiger partial charge in [0.1, 0.15) is 5.15 Å². The summed E-state index contributed by atoms with van der Waals surface area (Å²) in [5, 5.41) is 4.96. The minimum Gasteiger partial charge on any atom is -0.235 e. The van der Waals surface area contributed by atoms with E-state index < -0.39 is 10.0 Å². The third kappa shape index (κ3) is 3.55. The van der Waals surface area contributed by atoms with Crippen molar-refractivity contribution in [1.82, 2.24) is 9.82 Å². The maximum Gasteiger partial charge on any atom is 0.276 e. The normalized spacial score (nSPS) is 11.9. The van der Waals surface area contributed by atoms with Crippen LogP contribution in [0, 0.1) is 6.92 Å². The van der Waals surface area contributed by atoms with Crippen molar-refractivity contribution in [2.75, 3.05) is 0 Å². The van der Waals surface area contributed by atoms with Gasteiger partial charge >= 0.3 is 0 Å². The summed E-state index contributed by atoms with van der Waals surface area (Å²) < 4.78 is 24.2. The van der Waals surface area contributed by atoms with E-state index >= 15 is 0 Å². The topological polar surface area (TPSA) is 71.4 Å². The highest BCUT2D eigenvalue weighted by Gasteiger charge is 2.11. The van der Waals surface area contributed by atoms with Crippen LogP contribution in [0.15, 0.2) is 64.6 Å². The summed E-state index contributed by atoms with van der Waals surface area (Å²) in [4.78, 5) is 6.59. The Morgan fingerprint density at radius 3 is 2.62 bits per heavy atom. The molecule has 122 valence electrons. The number of halogens is 1. The predicted octanol–water partition coefficient (Wildman–Crippen LogP) is 3.51. The number of benzene rings is 2. The van der Waals surface area contributed by atoms with E-state index in [1.165, 1.54) is 18.3 Å². The molecular formula is C17H14ClN3O2S. The molecule has 5 nitrogen and oxygen atoms in total. The van der Waals surface area contributed by atoms with Crippen LogP contribution in [0.3, 0.4) is 0 Å². The molecule has 1 aromatic heterocycles. The highest BCUT2D eigenvalue weighted by atomic mass is 35.5. The quantitative estimate of drug-likeness (QED) is 0.440. The fraction of sp³-hybridized carbons (Fsp3) is 0.0588. The Labute approximate surface area is 145 Å². The first-order valence-corrected chi connectivity index (χ1v) is 8.99. The van der Waals surface area contributed by atoms with E-state index in [-0.39, 0.29) is 10.0 Å². The molecule has 0 atom stereocenters. The Hall–Kier alpha value is -2.44. The minimum absolute atomic E-state index is 0.139. The Bertz CT molecular complexity index is 1020. The van der Waals surface area contributed by atoms with Gasteiger partial charge in [0.05, 0.1) is 16.6 Å².